The standard InChI is InChI=1S/C23H28N4O2.2ClH/c1-16-6-5-11-27-14-19(25-22(16)27)15-29-21-8-4-3-7-20(21)23(28)26-12-9-18(10-13-26)17(2)24;;/h3-8,11,14,17-18H,9-10,12-13,15,24H2,1-2H3;2*1H. The smallest absolute Gasteiger partial charge is 0.257 e. The van der Waals surface area contributed by atoms with E-state index in [2.05, 4.69) is 4.98 Å². The lowest BCUT2D eigenvalue weighted by Crippen LogP contribution is -2.42. The molecule has 8 heteroatoms. The molecule has 0 aliphatic carbocycles. The largest absolute Gasteiger partial charge is 0.486 e. The number of rotatable bonds is 5. The van der Waals surface area contributed by atoms with Crippen molar-refractivity contribution in [2.24, 2.45) is 11.7 Å². The van der Waals surface area contributed by atoms with E-state index in [9.17, 15) is 4.79 Å². The minimum absolute atomic E-state index is 0. The number of para-hydroxylation sites is 1. The quantitative estimate of drug-likeness (QED) is 0.611. The molecule has 1 fully saturated rings. The Morgan fingerprint density at radius 1 is 1.19 bits per heavy atom. The van der Waals surface area contributed by atoms with Crippen LogP contribution < -0.4 is 10.5 Å². The van der Waals surface area contributed by atoms with Crippen LogP contribution in [-0.4, -0.2) is 39.3 Å². The highest BCUT2D eigenvalue weighted by Crippen LogP contribution is 2.25. The predicted molar refractivity (Wildman–Crippen MR) is 127 cm³/mol. The number of fused-ring (bicyclic) bond motifs is 1. The number of likely N-dealkylation sites (tertiary alicyclic amines) is 1. The SMILES string of the molecule is Cc1cccn2cc(COc3ccccc3C(=O)N3CCC(C(C)N)CC3)nc12.Cl.Cl. The van der Waals surface area contributed by atoms with Crippen molar-refractivity contribution in [1.82, 2.24) is 14.3 Å². The summed E-state index contributed by atoms with van der Waals surface area (Å²) in [5.74, 6) is 1.11. The number of aromatic nitrogens is 2. The first kappa shape index (κ1) is 25.0. The van der Waals surface area contributed by atoms with Gasteiger partial charge in [-0.1, -0.05) is 18.2 Å². The number of pyridine rings is 1. The van der Waals surface area contributed by atoms with E-state index >= 15 is 0 Å². The number of hydrogen-bond donors (Lipinski definition) is 1. The van der Waals surface area contributed by atoms with Crippen LogP contribution in [0.25, 0.3) is 5.65 Å². The summed E-state index contributed by atoms with van der Waals surface area (Å²) in [4.78, 5) is 19.6. The number of halogens is 2. The van der Waals surface area contributed by atoms with Crippen molar-refractivity contribution in [3.8, 4) is 5.75 Å². The highest BCUT2D eigenvalue weighted by Gasteiger charge is 2.27. The summed E-state index contributed by atoms with van der Waals surface area (Å²) >= 11 is 0. The van der Waals surface area contributed by atoms with E-state index in [1.807, 2.05) is 71.9 Å². The molecule has 168 valence electrons. The Labute approximate surface area is 195 Å². The molecule has 2 N–H and O–H groups in total. The van der Waals surface area contributed by atoms with Gasteiger partial charge in [-0.15, -0.1) is 24.8 Å². The molecule has 1 aliphatic rings. The molecular weight excluding hydrogens is 435 g/mol. The summed E-state index contributed by atoms with van der Waals surface area (Å²) in [6.45, 7) is 5.88. The van der Waals surface area contributed by atoms with Gasteiger partial charge in [0.05, 0.1) is 11.3 Å². The fourth-order valence-electron chi connectivity index (χ4n) is 3.99. The lowest BCUT2D eigenvalue weighted by molar-refractivity contribution is 0.0676. The normalized spacial score (nSPS) is 15.1. The van der Waals surface area contributed by atoms with E-state index in [0.717, 1.165) is 42.8 Å². The van der Waals surface area contributed by atoms with Crippen LogP contribution in [0.1, 0.15) is 41.4 Å². The highest BCUT2D eigenvalue weighted by molar-refractivity contribution is 5.97. The molecule has 1 aromatic carbocycles. The summed E-state index contributed by atoms with van der Waals surface area (Å²) in [6, 6.07) is 11.7. The van der Waals surface area contributed by atoms with Gasteiger partial charge in [-0.3, -0.25) is 4.79 Å². The number of aryl methyl sites for hydroxylation is 1. The van der Waals surface area contributed by atoms with Gasteiger partial charge in [-0.25, -0.2) is 4.98 Å². The number of ether oxygens (including phenoxy) is 1. The summed E-state index contributed by atoms with van der Waals surface area (Å²) in [5, 5.41) is 0. The summed E-state index contributed by atoms with van der Waals surface area (Å²) in [6.07, 6.45) is 5.84. The van der Waals surface area contributed by atoms with Crippen molar-refractivity contribution in [2.45, 2.75) is 39.3 Å². The van der Waals surface area contributed by atoms with Crippen molar-refractivity contribution in [1.29, 1.82) is 0 Å². The van der Waals surface area contributed by atoms with Crippen molar-refractivity contribution in [3.05, 3.63) is 65.6 Å². The summed E-state index contributed by atoms with van der Waals surface area (Å²) in [5.41, 5.74) is 9.50. The Morgan fingerprint density at radius 2 is 1.90 bits per heavy atom. The molecule has 2 aromatic heterocycles. The molecule has 3 aromatic rings. The lowest BCUT2D eigenvalue weighted by atomic mass is 9.90. The average molecular weight is 465 g/mol. The Bertz CT molecular complexity index is 1010. The molecule has 0 saturated carbocycles. The van der Waals surface area contributed by atoms with Gasteiger partial charge in [-0.2, -0.15) is 0 Å². The Morgan fingerprint density at radius 3 is 2.58 bits per heavy atom. The van der Waals surface area contributed by atoms with Gasteiger partial charge in [0.25, 0.3) is 5.91 Å². The summed E-state index contributed by atoms with van der Waals surface area (Å²) in [7, 11) is 0. The van der Waals surface area contributed by atoms with E-state index in [-0.39, 0.29) is 36.8 Å². The second-order valence-electron chi connectivity index (χ2n) is 7.93. The monoisotopic (exact) mass is 464 g/mol. The van der Waals surface area contributed by atoms with Gasteiger partial charge >= 0.3 is 0 Å². The first-order chi connectivity index (χ1) is 14.0. The molecule has 1 amide bonds. The molecule has 0 radical (unpaired) electrons. The van der Waals surface area contributed by atoms with Crippen LogP contribution >= 0.6 is 24.8 Å². The van der Waals surface area contributed by atoms with Crippen LogP contribution in [-0.2, 0) is 6.61 Å². The molecule has 4 rings (SSSR count). The van der Waals surface area contributed by atoms with Crippen LogP contribution in [0.2, 0.25) is 0 Å². The maximum absolute atomic E-state index is 13.1. The third kappa shape index (κ3) is 5.50. The van der Waals surface area contributed by atoms with Gasteiger partial charge in [0.2, 0.25) is 0 Å². The fourth-order valence-corrected chi connectivity index (χ4v) is 3.99. The van der Waals surface area contributed by atoms with Crippen molar-refractivity contribution in [2.75, 3.05) is 13.1 Å². The van der Waals surface area contributed by atoms with E-state index in [4.69, 9.17) is 10.5 Å². The minimum atomic E-state index is 0. The first-order valence-electron chi connectivity index (χ1n) is 10.2. The first-order valence-corrected chi connectivity index (χ1v) is 10.2. The number of carbonyl (C=O) groups is 1. The van der Waals surface area contributed by atoms with Gasteiger partial charge in [0.1, 0.15) is 18.0 Å². The molecule has 6 nitrogen and oxygen atoms in total. The number of hydrogen-bond acceptors (Lipinski definition) is 4. The van der Waals surface area contributed by atoms with E-state index < -0.39 is 0 Å². The van der Waals surface area contributed by atoms with E-state index in [0.29, 0.717) is 23.8 Å². The maximum Gasteiger partial charge on any atom is 0.257 e. The second-order valence-corrected chi connectivity index (χ2v) is 7.93. The predicted octanol–water partition coefficient (Wildman–Crippen LogP) is 4.26. The molecule has 0 spiro atoms. The lowest BCUT2D eigenvalue weighted by Gasteiger charge is -2.34. The van der Waals surface area contributed by atoms with Crippen molar-refractivity contribution >= 4 is 36.4 Å². The Balaban J connectivity index is 0.00000171. The Kier molecular flexibility index (Phi) is 8.74. The van der Waals surface area contributed by atoms with Gasteiger partial charge < -0.3 is 19.8 Å². The third-order valence-corrected chi connectivity index (χ3v) is 5.79. The zero-order chi connectivity index (χ0) is 20.4. The third-order valence-electron chi connectivity index (χ3n) is 5.79. The van der Waals surface area contributed by atoms with Crippen molar-refractivity contribution in [3.63, 3.8) is 0 Å². The number of nitrogens with two attached hydrogens (primary N) is 1. The number of amides is 1. The second kappa shape index (κ2) is 10.8. The van der Waals surface area contributed by atoms with Crippen LogP contribution in [0.5, 0.6) is 5.75 Å². The van der Waals surface area contributed by atoms with Crippen LogP contribution in [0.4, 0.5) is 0 Å². The molecule has 1 atom stereocenters. The molecule has 0 bridgehead atoms. The number of piperidine rings is 1. The molecule has 3 heterocycles. The number of benzene rings is 1. The van der Waals surface area contributed by atoms with Gasteiger partial charge in [0.15, 0.2) is 0 Å². The van der Waals surface area contributed by atoms with E-state index in [1.165, 1.54) is 0 Å². The molecular formula is C23H30Cl2N4O2. The Hall–Kier alpha value is -2.28. The van der Waals surface area contributed by atoms with Crippen LogP contribution in [0.15, 0.2) is 48.8 Å². The molecule has 1 saturated heterocycles. The van der Waals surface area contributed by atoms with Crippen LogP contribution in [0, 0.1) is 12.8 Å². The molecule has 1 unspecified atom stereocenters. The van der Waals surface area contributed by atoms with Crippen LogP contribution in [0.3, 0.4) is 0 Å². The number of nitrogens with zero attached hydrogens (tertiary/aromatic N) is 3. The minimum Gasteiger partial charge on any atom is -0.486 e. The van der Waals surface area contributed by atoms with Crippen molar-refractivity contribution < 1.29 is 9.53 Å². The summed E-state index contributed by atoms with van der Waals surface area (Å²) < 4.78 is 8.01. The highest BCUT2D eigenvalue weighted by atomic mass is 35.5. The zero-order valence-corrected chi connectivity index (χ0v) is 19.5. The molecule has 31 heavy (non-hydrogen) atoms. The fraction of sp³-hybridized carbons (Fsp3) is 0.391. The zero-order valence-electron chi connectivity index (χ0n) is 17.9. The topological polar surface area (TPSA) is 72.9 Å². The van der Waals surface area contributed by atoms with Gasteiger partial charge in [-0.05, 0) is 56.4 Å². The number of carbonyl (C=O) groups excluding carboxylic acids is 1. The van der Waals surface area contributed by atoms with E-state index in [1.54, 1.807) is 0 Å². The molecule has 1 aliphatic heterocycles. The number of imidazole rings is 1. The maximum atomic E-state index is 13.1. The van der Waals surface area contributed by atoms with Gasteiger partial charge in [0, 0.05) is 31.5 Å². The average Bonchev–Trinajstić information content (AvgIpc) is 3.16.